The van der Waals surface area contributed by atoms with Crippen LogP contribution in [0.1, 0.15) is 30.6 Å². The molecule has 3 heterocycles. The number of ether oxygens (including phenoxy) is 1. The molecule has 0 spiro atoms. The normalized spacial score (nSPS) is 25.3. The predicted octanol–water partition coefficient (Wildman–Crippen LogP) is 2.63. The van der Waals surface area contributed by atoms with E-state index < -0.39 is 0 Å². The van der Waals surface area contributed by atoms with Gasteiger partial charge in [0.25, 0.3) is 0 Å². The summed E-state index contributed by atoms with van der Waals surface area (Å²) < 4.78 is 13.7. The standard InChI is InChI=1S/C18H25N3O2/c1-20-11-15(10-19-20)9-17-18(23-13-14-4-5-14)6-7-21(17)12-16-3-2-8-22-16/h2-3,8,10-11,14,17-18H,4-7,9,12-13H2,1H3/t17-,18+/m1/s1. The summed E-state index contributed by atoms with van der Waals surface area (Å²) in [5.41, 5.74) is 1.28. The van der Waals surface area contributed by atoms with Gasteiger partial charge in [-0.25, -0.2) is 0 Å². The van der Waals surface area contributed by atoms with Gasteiger partial charge in [-0.1, -0.05) is 0 Å². The Morgan fingerprint density at radius 3 is 2.96 bits per heavy atom. The van der Waals surface area contributed by atoms with Crippen molar-refractivity contribution in [2.45, 2.75) is 44.4 Å². The van der Waals surface area contributed by atoms with Gasteiger partial charge in [0, 0.05) is 32.4 Å². The van der Waals surface area contributed by atoms with E-state index in [9.17, 15) is 0 Å². The maximum atomic E-state index is 6.27. The number of nitrogens with zero attached hydrogens (tertiary/aromatic N) is 3. The largest absolute Gasteiger partial charge is 0.468 e. The van der Waals surface area contributed by atoms with Gasteiger partial charge in [-0.05, 0) is 49.3 Å². The second-order valence-corrected chi connectivity index (χ2v) is 6.95. The third-order valence-electron chi connectivity index (χ3n) is 4.98. The van der Waals surface area contributed by atoms with E-state index in [2.05, 4.69) is 22.3 Å². The highest BCUT2D eigenvalue weighted by molar-refractivity contribution is 5.09. The van der Waals surface area contributed by atoms with E-state index in [4.69, 9.17) is 9.15 Å². The fraction of sp³-hybridized carbons (Fsp3) is 0.611. The number of hydrogen-bond acceptors (Lipinski definition) is 4. The van der Waals surface area contributed by atoms with Crippen molar-refractivity contribution in [3.05, 3.63) is 42.1 Å². The van der Waals surface area contributed by atoms with Crippen LogP contribution < -0.4 is 0 Å². The highest BCUT2D eigenvalue weighted by atomic mass is 16.5. The maximum absolute atomic E-state index is 6.27. The zero-order valence-corrected chi connectivity index (χ0v) is 13.7. The Morgan fingerprint density at radius 2 is 2.26 bits per heavy atom. The van der Waals surface area contributed by atoms with E-state index in [1.165, 1.54) is 18.4 Å². The Morgan fingerprint density at radius 1 is 1.35 bits per heavy atom. The first-order chi connectivity index (χ1) is 11.3. The number of aryl methyl sites for hydroxylation is 1. The van der Waals surface area contributed by atoms with Gasteiger partial charge in [0.1, 0.15) is 5.76 Å². The van der Waals surface area contributed by atoms with Gasteiger partial charge in [-0.15, -0.1) is 0 Å². The molecule has 1 aliphatic carbocycles. The topological polar surface area (TPSA) is 43.4 Å². The Hall–Kier alpha value is -1.59. The highest BCUT2D eigenvalue weighted by Gasteiger charge is 2.36. The molecule has 0 amide bonds. The Kier molecular flexibility index (Phi) is 4.23. The fourth-order valence-electron chi connectivity index (χ4n) is 3.50. The minimum absolute atomic E-state index is 0.325. The smallest absolute Gasteiger partial charge is 0.117 e. The van der Waals surface area contributed by atoms with Gasteiger partial charge in [0.15, 0.2) is 0 Å². The lowest BCUT2D eigenvalue weighted by Crippen LogP contribution is -2.38. The second-order valence-electron chi connectivity index (χ2n) is 6.95. The summed E-state index contributed by atoms with van der Waals surface area (Å²) in [5.74, 6) is 1.84. The maximum Gasteiger partial charge on any atom is 0.117 e. The van der Waals surface area contributed by atoms with Gasteiger partial charge < -0.3 is 9.15 Å². The van der Waals surface area contributed by atoms with Crippen molar-refractivity contribution in [1.29, 1.82) is 0 Å². The minimum atomic E-state index is 0.325. The van der Waals surface area contributed by atoms with Crippen molar-refractivity contribution in [3.63, 3.8) is 0 Å². The number of hydrogen-bond donors (Lipinski definition) is 0. The molecular formula is C18H25N3O2. The summed E-state index contributed by atoms with van der Waals surface area (Å²) in [7, 11) is 1.97. The quantitative estimate of drug-likeness (QED) is 0.788. The van der Waals surface area contributed by atoms with Crippen LogP contribution in [0.25, 0.3) is 0 Å². The van der Waals surface area contributed by atoms with E-state index >= 15 is 0 Å². The molecule has 2 aliphatic rings. The van der Waals surface area contributed by atoms with E-state index in [1.807, 2.05) is 24.0 Å². The van der Waals surface area contributed by atoms with Crippen LogP contribution in [-0.2, 0) is 24.8 Å². The summed E-state index contributed by atoms with van der Waals surface area (Å²) in [5, 5.41) is 4.31. The van der Waals surface area contributed by atoms with Crippen LogP contribution in [0, 0.1) is 5.92 Å². The molecule has 5 nitrogen and oxygen atoms in total. The Labute approximate surface area is 137 Å². The van der Waals surface area contributed by atoms with Crippen molar-refractivity contribution in [2.24, 2.45) is 13.0 Å². The van der Waals surface area contributed by atoms with Gasteiger partial charge >= 0.3 is 0 Å². The van der Waals surface area contributed by atoms with Crippen LogP contribution in [0.4, 0.5) is 0 Å². The Bertz CT molecular complexity index is 618. The first kappa shape index (κ1) is 15.0. The predicted molar refractivity (Wildman–Crippen MR) is 86.9 cm³/mol. The molecule has 0 N–H and O–H groups in total. The lowest BCUT2D eigenvalue weighted by molar-refractivity contribution is 0.0187. The summed E-state index contributed by atoms with van der Waals surface area (Å²) in [4.78, 5) is 2.50. The van der Waals surface area contributed by atoms with Crippen molar-refractivity contribution >= 4 is 0 Å². The lowest BCUT2D eigenvalue weighted by Gasteiger charge is -2.27. The van der Waals surface area contributed by atoms with Gasteiger partial charge in [-0.2, -0.15) is 5.10 Å². The first-order valence-corrected chi connectivity index (χ1v) is 8.63. The van der Waals surface area contributed by atoms with Crippen molar-refractivity contribution < 1.29 is 9.15 Å². The zero-order valence-electron chi connectivity index (χ0n) is 13.7. The minimum Gasteiger partial charge on any atom is -0.468 e. The van der Waals surface area contributed by atoms with E-state index in [0.717, 1.165) is 44.2 Å². The van der Waals surface area contributed by atoms with E-state index in [0.29, 0.717) is 12.1 Å². The van der Waals surface area contributed by atoms with Crippen LogP contribution >= 0.6 is 0 Å². The van der Waals surface area contributed by atoms with Crippen LogP contribution in [-0.4, -0.2) is 40.0 Å². The molecule has 23 heavy (non-hydrogen) atoms. The molecule has 124 valence electrons. The third kappa shape index (κ3) is 3.67. The molecule has 2 atom stereocenters. The summed E-state index contributed by atoms with van der Waals surface area (Å²) in [6, 6.07) is 4.42. The molecular weight excluding hydrogens is 290 g/mol. The van der Waals surface area contributed by atoms with Crippen LogP contribution in [0.5, 0.6) is 0 Å². The van der Waals surface area contributed by atoms with Crippen molar-refractivity contribution in [2.75, 3.05) is 13.2 Å². The van der Waals surface area contributed by atoms with Crippen molar-refractivity contribution in [1.82, 2.24) is 14.7 Å². The average molecular weight is 315 g/mol. The van der Waals surface area contributed by atoms with E-state index in [1.54, 1.807) is 6.26 Å². The fourth-order valence-corrected chi connectivity index (χ4v) is 3.50. The van der Waals surface area contributed by atoms with Gasteiger partial charge in [-0.3, -0.25) is 9.58 Å². The third-order valence-corrected chi connectivity index (χ3v) is 4.98. The first-order valence-electron chi connectivity index (χ1n) is 8.63. The zero-order chi connectivity index (χ0) is 15.6. The monoisotopic (exact) mass is 315 g/mol. The van der Waals surface area contributed by atoms with Crippen molar-refractivity contribution in [3.8, 4) is 0 Å². The molecule has 1 saturated heterocycles. The van der Waals surface area contributed by atoms with Crippen LogP contribution in [0.15, 0.2) is 35.2 Å². The van der Waals surface area contributed by atoms with E-state index in [-0.39, 0.29) is 0 Å². The SMILES string of the molecule is Cn1cc(C[C@@H]2[C@@H](OCC3CC3)CCN2Cc2ccco2)cn1. The molecule has 1 saturated carbocycles. The van der Waals surface area contributed by atoms with Gasteiger partial charge in [0.05, 0.1) is 25.1 Å². The van der Waals surface area contributed by atoms with Crippen LogP contribution in [0.2, 0.25) is 0 Å². The summed E-state index contributed by atoms with van der Waals surface area (Å²) in [6.45, 7) is 2.87. The average Bonchev–Trinajstić information content (AvgIpc) is 2.92. The molecule has 4 rings (SSSR count). The molecule has 0 bridgehead atoms. The molecule has 5 heteroatoms. The van der Waals surface area contributed by atoms with Gasteiger partial charge in [0.2, 0.25) is 0 Å². The summed E-state index contributed by atoms with van der Waals surface area (Å²) in [6.07, 6.45) is 10.9. The molecule has 2 fully saturated rings. The second kappa shape index (κ2) is 6.49. The number of aromatic nitrogens is 2. The number of rotatable bonds is 7. The lowest BCUT2D eigenvalue weighted by atomic mass is 10.0. The molecule has 0 radical (unpaired) electrons. The Balaban J connectivity index is 1.45. The number of likely N-dealkylation sites (tertiary alicyclic amines) is 1. The van der Waals surface area contributed by atoms with Crippen LogP contribution in [0.3, 0.4) is 0 Å². The molecule has 0 unspecified atom stereocenters. The molecule has 0 aromatic carbocycles. The summed E-state index contributed by atoms with van der Waals surface area (Å²) >= 11 is 0. The molecule has 2 aromatic rings. The molecule has 1 aliphatic heterocycles. The number of furan rings is 1. The molecule has 2 aromatic heterocycles. The highest BCUT2D eigenvalue weighted by Crippen LogP contribution is 2.32.